The van der Waals surface area contributed by atoms with Gasteiger partial charge in [0.05, 0.1) is 0 Å². The number of amides is 1. The van der Waals surface area contributed by atoms with Crippen molar-refractivity contribution < 1.29 is 19.5 Å². The monoisotopic (exact) mass is 249 g/mol. The fourth-order valence-corrected chi connectivity index (χ4v) is 1.63. The van der Waals surface area contributed by atoms with E-state index in [1.165, 1.54) is 0 Å². The van der Waals surface area contributed by atoms with Crippen molar-refractivity contribution in [1.29, 1.82) is 0 Å². The molecule has 1 aromatic carbocycles. The molecule has 0 radical (unpaired) electrons. The Morgan fingerprint density at radius 2 is 2.06 bits per heavy atom. The Bertz CT molecular complexity index is 482. The van der Waals surface area contributed by atoms with Gasteiger partial charge in [-0.3, -0.25) is 9.59 Å². The minimum Gasteiger partial charge on any atom is -0.480 e. The minimum absolute atomic E-state index is 0.252. The van der Waals surface area contributed by atoms with Crippen molar-refractivity contribution in [2.24, 2.45) is 0 Å². The number of benzene rings is 1. The average Bonchev–Trinajstić information content (AvgIpc) is 2.31. The van der Waals surface area contributed by atoms with Crippen LogP contribution in [0.3, 0.4) is 0 Å². The molecule has 0 aliphatic rings. The molecule has 5 heteroatoms. The number of aliphatic carboxylic acids is 1. The Labute approximate surface area is 105 Å². The summed E-state index contributed by atoms with van der Waals surface area (Å²) >= 11 is 0. The zero-order valence-electron chi connectivity index (χ0n) is 10.3. The third-order valence-electron chi connectivity index (χ3n) is 2.65. The molecule has 0 bridgehead atoms. The standard InChI is InChI=1S/C13H15NO4/c1-8-3-4-9(2)10(5-8)12(16)6-11(13(17)18)14-7-15/h3-5,7,11H,6H2,1-2H3,(H,14,15)(H,17,18). The zero-order chi connectivity index (χ0) is 13.7. The van der Waals surface area contributed by atoms with Gasteiger partial charge in [-0.2, -0.15) is 0 Å². The summed E-state index contributed by atoms with van der Waals surface area (Å²) in [7, 11) is 0. The van der Waals surface area contributed by atoms with Gasteiger partial charge in [-0.1, -0.05) is 17.7 Å². The van der Waals surface area contributed by atoms with Gasteiger partial charge in [-0.15, -0.1) is 0 Å². The van der Waals surface area contributed by atoms with Gasteiger partial charge >= 0.3 is 5.97 Å². The molecule has 0 spiro atoms. The van der Waals surface area contributed by atoms with E-state index in [4.69, 9.17) is 5.11 Å². The van der Waals surface area contributed by atoms with E-state index in [1.54, 1.807) is 13.0 Å². The van der Waals surface area contributed by atoms with Crippen LogP contribution in [0.2, 0.25) is 0 Å². The molecule has 5 nitrogen and oxygen atoms in total. The Morgan fingerprint density at radius 1 is 1.39 bits per heavy atom. The molecular weight excluding hydrogens is 234 g/mol. The molecule has 0 aliphatic carbocycles. The summed E-state index contributed by atoms with van der Waals surface area (Å²) in [5.74, 6) is -1.52. The first kappa shape index (κ1) is 13.9. The molecular formula is C13H15NO4. The predicted octanol–water partition coefficient (Wildman–Crippen LogP) is 1.08. The largest absolute Gasteiger partial charge is 0.480 e. The summed E-state index contributed by atoms with van der Waals surface area (Å²) < 4.78 is 0. The highest BCUT2D eigenvalue weighted by molar-refractivity contribution is 6.00. The van der Waals surface area contributed by atoms with E-state index in [9.17, 15) is 14.4 Å². The van der Waals surface area contributed by atoms with Gasteiger partial charge in [-0.05, 0) is 25.5 Å². The van der Waals surface area contributed by atoms with Crippen LogP contribution >= 0.6 is 0 Å². The molecule has 0 saturated carbocycles. The molecule has 0 heterocycles. The van der Waals surface area contributed by atoms with Crippen LogP contribution in [0.5, 0.6) is 0 Å². The summed E-state index contributed by atoms with van der Waals surface area (Å²) in [5, 5.41) is 11.0. The second-order valence-electron chi connectivity index (χ2n) is 4.12. The van der Waals surface area contributed by atoms with Crippen molar-refractivity contribution in [2.45, 2.75) is 26.3 Å². The molecule has 0 aliphatic heterocycles. The lowest BCUT2D eigenvalue weighted by Crippen LogP contribution is -2.37. The van der Waals surface area contributed by atoms with Crippen molar-refractivity contribution in [3.8, 4) is 0 Å². The number of Topliss-reactive ketones (excluding diaryl/α,β-unsaturated/α-hetero) is 1. The highest BCUT2D eigenvalue weighted by Gasteiger charge is 2.21. The normalized spacial score (nSPS) is 11.7. The third kappa shape index (κ3) is 3.41. The fraction of sp³-hybridized carbons (Fsp3) is 0.308. The molecule has 1 atom stereocenters. The number of nitrogens with one attached hydrogen (secondary N) is 1. The molecule has 1 amide bonds. The topological polar surface area (TPSA) is 83.5 Å². The van der Waals surface area contributed by atoms with Crippen LogP contribution in [0.1, 0.15) is 27.9 Å². The van der Waals surface area contributed by atoms with Gasteiger partial charge in [0.15, 0.2) is 5.78 Å². The number of aryl methyl sites for hydroxylation is 2. The van der Waals surface area contributed by atoms with Gasteiger partial charge in [-0.25, -0.2) is 4.79 Å². The van der Waals surface area contributed by atoms with Gasteiger partial charge in [0.1, 0.15) is 6.04 Å². The molecule has 0 saturated heterocycles. The van der Waals surface area contributed by atoms with Crippen LogP contribution in [0.25, 0.3) is 0 Å². The van der Waals surface area contributed by atoms with Crippen LogP contribution in [0, 0.1) is 13.8 Å². The number of hydrogen-bond donors (Lipinski definition) is 2. The Kier molecular flexibility index (Phi) is 4.59. The van der Waals surface area contributed by atoms with Gasteiger partial charge < -0.3 is 10.4 Å². The lowest BCUT2D eigenvalue weighted by Gasteiger charge is -2.11. The van der Waals surface area contributed by atoms with E-state index in [-0.39, 0.29) is 18.6 Å². The van der Waals surface area contributed by atoms with Gasteiger partial charge in [0.25, 0.3) is 0 Å². The number of hydrogen-bond acceptors (Lipinski definition) is 3. The number of carbonyl (C=O) groups excluding carboxylic acids is 2. The zero-order valence-corrected chi connectivity index (χ0v) is 10.3. The first-order valence-electron chi connectivity index (χ1n) is 5.48. The maximum absolute atomic E-state index is 12.0. The number of rotatable bonds is 6. The first-order chi connectivity index (χ1) is 8.45. The molecule has 18 heavy (non-hydrogen) atoms. The van der Waals surface area contributed by atoms with Crippen LogP contribution in [-0.4, -0.2) is 29.3 Å². The van der Waals surface area contributed by atoms with Gasteiger partial charge in [0.2, 0.25) is 6.41 Å². The summed E-state index contributed by atoms with van der Waals surface area (Å²) in [6.07, 6.45) is 0.0353. The Hall–Kier alpha value is -2.17. The third-order valence-corrected chi connectivity index (χ3v) is 2.65. The molecule has 1 rings (SSSR count). The van der Waals surface area contributed by atoms with E-state index in [1.807, 2.05) is 19.1 Å². The van der Waals surface area contributed by atoms with Gasteiger partial charge in [0, 0.05) is 12.0 Å². The van der Waals surface area contributed by atoms with E-state index < -0.39 is 12.0 Å². The van der Waals surface area contributed by atoms with Crippen molar-refractivity contribution in [1.82, 2.24) is 5.32 Å². The number of carboxylic acid groups (broad SMARTS) is 1. The SMILES string of the molecule is Cc1ccc(C)c(C(=O)CC(NC=O)C(=O)O)c1. The van der Waals surface area contributed by atoms with E-state index in [0.29, 0.717) is 5.56 Å². The van der Waals surface area contributed by atoms with Crippen molar-refractivity contribution in [2.75, 3.05) is 0 Å². The smallest absolute Gasteiger partial charge is 0.326 e. The Balaban J connectivity index is 2.89. The number of carboxylic acids is 1. The second-order valence-corrected chi connectivity index (χ2v) is 4.12. The second kappa shape index (κ2) is 5.95. The van der Waals surface area contributed by atoms with E-state index in [0.717, 1.165) is 11.1 Å². The predicted molar refractivity (Wildman–Crippen MR) is 65.5 cm³/mol. The van der Waals surface area contributed by atoms with Crippen molar-refractivity contribution >= 4 is 18.2 Å². The summed E-state index contributed by atoms with van der Waals surface area (Å²) in [6.45, 7) is 3.64. The highest BCUT2D eigenvalue weighted by Crippen LogP contribution is 2.14. The van der Waals surface area contributed by atoms with Crippen molar-refractivity contribution in [3.05, 3.63) is 34.9 Å². The lowest BCUT2D eigenvalue weighted by atomic mass is 9.98. The maximum atomic E-state index is 12.0. The van der Waals surface area contributed by atoms with Crippen LogP contribution in [-0.2, 0) is 9.59 Å². The number of carbonyl (C=O) groups is 3. The maximum Gasteiger partial charge on any atom is 0.326 e. The molecule has 1 unspecified atom stereocenters. The van der Waals surface area contributed by atoms with Crippen molar-refractivity contribution in [3.63, 3.8) is 0 Å². The van der Waals surface area contributed by atoms with Crippen LogP contribution < -0.4 is 5.32 Å². The summed E-state index contributed by atoms with van der Waals surface area (Å²) in [6, 6.07) is 4.22. The highest BCUT2D eigenvalue weighted by atomic mass is 16.4. The molecule has 2 N–H and O–H groups in total. The van der Waals surface area contributed by atoms with E-state index in [2.05, 4.69) is 5.32 Å². The average molecular weight is 249 g/mol. The summed E-state index contributed by atoms with van der Waals surface area (Å²) in [4.78, 5) is 33.1. The molecule has 0 aromatic heterocycles. The number of ketones is 1. The lowest BCUT2D eigenvalue weighted by molar-refractivity contribution is -0.140. The fourth-order valence-electron chi connectivity index (χ4n) is 1.63. The quantitative estimate of drug-likeness (QED) is 0.583. The van der Waals surface area contributed by atoms with E-state index >= 15 is 0 Å². The Morgan fingerprint density at radius 3 is 2.61 bits per heavy atom. The minimum atomic E-state index is -1.22. The first-order valence-corrected chi connectivity index (χ1v) is 5.48. The summed E-state index contributed by atoms with van der Waals surface area (Å²) in [5.41, 5.74) is 2.22. The molecule has 0 fully saturated rings. The molecule has 1 aromatic rings. The molecule has 96 valence electrons. The van der Waals surface area contributed by atoms with Crippen LogP contribution in [0.4, 0.5) is 0 Å². The van der Waals surface area contributed by atoms with Crippen LogP contribution in [0.15, 0.2) is 18.2 Å².